The fourth-order valence-corrected chi connectivity index (χ4v) is 1.81. The highest BCUT2D eigenvalue weighted by Crippen LogP contribution is 2.06. The Bertz CT molecular complexity index is 574. The second-order valence-electron chi connectivity index (χ2n) is 6.87. The van der Waals surface area contributed by atoms with Crippen molar-refractivity contribution in [1.82, 2.24) is 0 Å². The van der Waals surface area contributed by atoms with Crippen molar-refractivity contribution in [1.29, 1.82) is 0 Å². The Balaban J connectivity index is -0.000000383. The van der Waals surface area contributed by atoms with E-state index >= 15 is 0 Å². The number of epoxide rings is 1. The molecule has 6 heteroatoms. The summed E-state index contributed by atoms with van der Waals surface area (Å²) < 4.78 is 4.71. The molecule has 0 radical (unpaired) electrons. The molecule has 0 saturated carbocycles. The average molecular weight is 526 g/mol. The van der Waals surface area contributed by atoms with Crippen molar-refractivity contribution in [2.45, 2.75) is 70.4 Å². The van der Waals surface area contributed by atoms with Crippen molar-refractivity contribution < 1.29 is 24.2 Å². The number of ether oxygens (including phenoxy) is 1. The van der Waals surface area contributed by atoms with Gasteiger partial charge in [0.1, 0.15) is 18.9 Å². The van der Waals surface area contributed by atoms with E-state index in [1.54, 1.807) is 37.3 Å². The van der Waals surface area contributed by atoms with Gasteiger partial charge in [0.2, 0.25) is 0 Å². The quantitative estimate of drug-likeness (QED) is 0.110. The standard InChI is InChI=1S/C9H13BrO.C9H14O2.C6H8O.C3H6O/c1-9(10)7-5-3-2-4-6-8-11;1-9(11)7-5-3-2-4-6-8-10;1-2-3-4-5-6-7;1-3-2-4-3/h2-4,6,8-9H,5,7H2,1H3;2-4,6,8-9,11H,5,7H2,1H3;2-6H,1H3;3H,2H2,1H3/b2*3-2+,6-4+;3-2+,5-4+;. The van der Waals surface area contributed by atoms with E-state index in [9.17, 15) is 14.4 Å². The van der Waals surface area contributed by atoms with Crippen LogP contribution in [-0.2, 0) is 19.1 Å². The maximum Gasteiger partial charge on any atom is 0.142 e. The van der Waals surface area contributed by atoms with Gasteiger partial charge >= 0.3 is 0 Å². The average Bonchev–Trinajstić information content (AvgIpc) is 3.56. The van der Waals surface area contributed by atoms with E-state index in [4.69, 9.17) is 9.84 Å². The Hall–Kier alpha value is -2.15. The van der Waals surface area contributed by atoms with E-state index in [0.29, 0.717) is 10.9 Å². The third kappa shape index (κ3) is 53.3. The first kappa shape index (κ1) is 35.4. The van der Waals surface area contributed by atoms with Gasteiger partial charge in [0.05, 0.1) is 18.8 Å². The number of aldehydes is 3. The van der Waals surface area contributed by atoms with Crippen molar-refractivity contribution in [3.63, 3.8) is 0 Å². The van der Waals surface area contributed by atoms with Crippen molar-refractivity contribution in [2.24, 2.45) is 0 Å². The first-order valence-corrected chi connectivity index (χ1v) is 12.0. The third-order valence-corrected chi connectivity index (χ3v) is 3.81. The highest BCUT2D eigenvalue weighted by Gasteiger charge is 2.13. The van der Waals surface area contributed by atoms with Crippen LogP contribution in [0.25, 0.3) is 0 Å². The normalized spacial score (nSPS) is 16.7. The molecular weight excluding hydrogens is 484 g/mol. The van der Waals surface area contributed by atoms with Gasteiger partial charge in [-0.25, -0.2) is 0 Å². The lowest BCUT2D eigenvalue weighted by molar-refractivity contribution is -0.104. The maximum atomic E-state index is 9.82. The zero-order valence-electron chi connectivity index (χ0n) is 20.4. The SMILES string of the molecule is C/C=C/C=C/C=O.CC(Br)CC/C=C/C=C/C=O.CC(O)CC/C=C/C=C/C=O.CC1CO1. The third-order valence-electron chi connectivity index (χ3n) is 3.35. The molecule has 1 aliphatic heterocycles. The molecule has 0 aliphatic carbocycles. The molecule has 3 unspecified atom stereocenters. The van der Waals surface area contributed by atoms with Crippen LogP contribution in [0.5, 0.6) is 0 Å². The van der Waals surface area contributed by atoms with Crippen LogP contribution in [0.1, 0.15) is 53.4 Å². The van der Waals surface area contributed by atoms with Gasteiger partial charge in [-0.1, -0.05) is 77.5 Å². The molecule has 1 rings (SSSR count). The molecule has 0 aromatic carbocycles. The summed E-state index contributed by atoms with van der Waals surface area (Å²) in [6.07, 6.45) is 27.2. The minimum atomic E-state index is -0.241. The molecule has 1 heterocycles. The van der Waals surface area contributed by atoms with Crippen molar-refractivity contribution in [2.75, 3.05) is 6.61 Å². The second-order valence-corrected chi connectivity index (χ2v) is 8.44. The summed E-state index contributed by atoms with van der Waals surface area (Å²) in [5, 5.41) is 8.85. The zero-order chi connectivity index (χ0) is 25.6. The lowest BCUT2D eigenvalue weighted by atomic mass is 10.2. The van der Waals surface area contributed by atoms with E-state index in [-0.39, 0.29) is 6.10 Å². The highest BCUT2D eigenvalue weighted by atomic mass is 79.9. The molecule has 3 atom stereocenters. The predicted molar refractivity (Wildman–Crippen MR) is 143 cm³/mol. The van der Waals surface area contributed by atoms with Crippen molar-refractivity contribution in [3.05, 3.63) is 72.9 Å². The Morgan fingerprint density at radius 3 is 1.52 bits per heavy atom. The van der Waals surface area contributed by atoms with Crippen LogP contribution in [0.4, 0.5) is 0 Å². The molecule has 0 bridgehead atoms. The summed E-state index contributed by atoms with van der Waals surface area (Å²) in [5.74, 6) is 0. The lowest BCUT2D eigenvalue weighted by Gasteiger charge is -1.97. The minimum absolute atomic E-state index is 0.241. The zero-order valence-corrected chi connectivity index (χ0v) is 22.0. The molecule has 186 valence electrons. The second kappa shape index (κ2) is 32.0. The van der Waals surface area contributed by atoms with Gasteiger partial charge in [-0.05, 0) is 64.7 Å². The van der Waals surface area contributed by atoms with Crippen LogP contribution in [0, 0.1) is 0 Å². The summed E-state index contributed by atoms with van der Waals surface area (Å²) in [7, 11) is 0. The first-order chi connectivity index (χ1) is 15.8. The van der Waals surface area contributed by atoms with Gasteiger partial charge in [0, 0.05) is 4.83 Å². The topological polar surface area (TPSA) is 84.0 Å². The number of aliphatic hydroxyl groups is 1. The number of allylic oxidation sites excluding steroid dienone is 12. The van der Waals surface area contributed by atoms with E-state index < -0.39 is 0 Å². The van der Waals surface area contributed by atoms with Crippen LogP contribution < -0.4 is 0 Å². The summed E-state index contributed by atoms with van der Waals surface area (Å²) in [5.41, 5.74) is 0. The summed E-state index contributed by atoms with van der Waals surface area (Å²) in [6, 6.07) is 0. The van der Waals surface area contributed by atoms with Gasteiger partial charge in [0.25, 0.3) is 0 Å². The molecule has 1 fully saturated rings. The predicted octanol–water partition coefficient (Wildman–Crippen LogP) is 6.04. The molecule has 0 aromatic heterocycles. The highest BCUT2D eigenvalue weighted by molar-refractivity contribution is 9.09. The molecular formula is C27H41BrO5. The van der Waals surface area contributed by atoms with E-state index in [1.807, 2.05) is 25.2 Å². The Kier molecular flexibility index (Phi) is 34.4. The number of hydrogen-bond donors (Lipinski definition) is 1. The van der Waals surface area contributed by atoms with Gasteiger partial charge in [-0.3, -0.25) is 14.4 Å². The summed E-state index contributed by atoms with van der Waals surface area (Å²) in [6.45, 7) is 8.82. The Morgan fingerprint density at radius 2 is 1.21 bits per heavy atom. The molecule has 1 aliphatic rings. The fourth-order valence-electron chi connectivity index (χ4n) is 1.55. The molecule has 33 heavy (non-hydrogen) atoms. The molecule has 5 nitrogen and oxygen atoms in total. The van der Waals surface area contributed by atoms with Crippen LogP contribution in [0.15, 0.2) is 72.9 Å². The molecule has 1 saturated heterocycles. The molecule has 0 spiro atoms. The van der Waals surface area contributed by atoms with Crippen LogP contribution in [0.2, 0.25) is 0 Å². The first-order valence-electron chi connectivity index (χ1n) is 11.1. The van der Waals surface area contributed by atoms with E-state index in [1.165, 1.54) is 18.2 Å². The number of hydrogen-bond acceptors (Lipinski definition) is 5. The summed E-state index contributed by atoms with van der Waals surface area (Å²) in [4.78, 5) is 29.7. The smallest absolute Gasteiger partial charge is 0.142 e. The number of carbonyl (C=O) groups excluding carboxylic acids is 3. The molecule has 1 N–H and O–H groups in total. The fraction of sp³-hybridized carbons (Fsp3) is 0.444. The van der Waals surface area contributed by atoms with Crippen LogP contribution in [0.3, 0.4) is 0 Å². The van der Waals surface area contributed by atoms with E-state index in [2.05, 4.69) is 35.9 Å². The molecule has 0 aromatic rings. The Labute approximate surface area is 208 Å². The van der Waals surface area contributed by atoms with Gasteiger partial charge < -0.3 is 9.84 Å². The minimum Gasteiger partial charge on any atom is -0.393 e. The van der Waals surface area contributed by atoms with E-state index in [0.717, 1.165) is 51.1 Å². The van der Waals surface area contributed by atoms with Gasteiger partial charge in [-0.2, -0.15) is 0 Å². The lowest BCUT2D eigenvalue weighted by Crippen LogP contribution is -1.96. The number of rotatable bonds is 12. The van der Waals surface area contributed by atoms with Crippen LogP contribution >= 0.6 is 15.9 Å². The van der Waals surface area contributed by atoms with Crippen molar-refractivity contribution >= 4 is 34.8 Å². The van der Waals surface area contributed by atoms with Gasteiger partial charge in [-0.15, -0.1) is 0 Å². The Morgan fingerprint density at radius 1 is 0.818 bits per heavy atom. The van der Waals surface area contributed by atoms with Gasteiger partial charge in [0.15, 0.2) is 0 Å². The summed E-state index contributed by atoms with van der Waals surface area (Å²) >= 11 is 3.45. The van der Waals surface area contributed by atoms with Crippen LogP contribution in [-0.4, -0.2) is 47.6 Å². The number of carbonyl (C=O) groups is 3. The largest absolute Gasteiger partial charge is 0.393 e. The number of aliphatic hydroxyl groups excluding tert-OH is 1. The number of halogens is 1. The maximum absolute atomic E-state index is 9.82. The number of alkyl halides is 1. The monoisotopic (exact) mass is 524 g/mol. The van der Waals surface area contributed by atoms with Crippen molar-refractivity contribution in [3.8, 4) is 0 Å². The molecule has 0 amide bonds.